The molecule has 0 amide bonds. The van der Waals surface area contributed by atoms with E-state index in [1.54, 1.807) is 0 Å². The molecule has 136 valence electrons. The Balaban J connectivity index is 3.37. The first-order valence-corrected chi connectivity index (χ1v) is 9.50. The smallest absolute Gasteiger partial charge is 0.302 e. The van der Waals surface area contributed by atoms with Crippen LogP contribution in [0, 0.1) is 0 Å². The summed E-state index contributed by atoms with van der Waals surface area (Å²) < 4.78 is 4.89. The Morgan fingerprint density at radius 1 is 0.708 bits per heavy atom. The first-order valence-electron chi connectivity index (χ1n) is 9.50. The van der Waals surface area contributed by atoms with Gasteiger partial charge in [0.2, 0.25) is 0 Å². The Morgan fingerprint density at radius 3 is 1.62 bits per heavy atom. The number of allylic oxidation sites excluding steroid dienone is 8. The van der Waals surface area contributed by atoms with Crippen LogP contribution in [0.2, 0.25) is 0 Å². The van der Waals surface area contributed by atoms with Crippen molar-refractivity contribution >= 4 is 5.97 Å². The monoisotopic (exact) mass is 332 g/mol. The maximum atomic E-state index is 10.6. The molecular weight excluding hydrogens is 296 g/mol. The van der Waals surface area contributed by atoms with Crippen LogP contribution in [-0.4, -0.2) is 12.6 Å². The van der Waals surface area contributed by atoms with Crippen molar-refractivity contribution in [2.24, 2.45) is 0 Å². The summed E-state index contributed by atoms with van der Waals surface area (Å²) in [6.07, 6.45) is 29.2. The maximum Gasteiger partial charge on any atom is 0.302 e. The van der Waals surface area contributed by atoms with Crippen molar-refractivity contribution in [1.29, 1.82) is 0 Å². The minimum atomic E-state index is -0.187. The van der Waals surface area contributed by atoms with E-state index in [-0.39, 0.29) is 5.97 Å². The van der Waals surface area contributed by atoms with E-state index in [9.17, 15) is 4.79 Å². The van der Waals surface area contributed by atoms with Gasteiger partial charge >= 0.3 is 5.97 Å². The van der Waals surface area contributed by atoms with Crippen molar-refractivity contribution in [3.05, 3.63) is 48.6 Å². The molecule has 0 rings (SSSR count). The van der Waals surface area contributed by atoms with Gasteiger partial charge in [-0.2, -0.15) is 0 Å². The van der Waals surface area contributed by atoms with Crippen LogP contribution in [-0.2, 0) is 9.53 Å². The number of unbranched alkanes of at least 4 members (excludes halogenated alkanes) is 5. The van der Waals surface area contributed by atoms with E-state index in [1.165, 1.54) is 32.6 Å². The number of esters is 1. The van der Waals surface area contributed by atoms with Gasteiger partial charge in [0.05, 0.1) is 6.61 Å². The molecule has 0 N–H and O–H groups in total. The van der Waals surface area contributed by atoms with Gasteiger partial charge in [-0.05, 0) is 51.4 Å². The van der Waals surface area contributed by atoms with Crippen molar-refractivity contribution in [2.45, 2.75) is 78.1 Å². The van der Waals surface area contributed by atoms with Crippen molar-refractivity contribution < 1.29 is 9.53 Å². The van der Waals surface area contributed by atoms with Crippen LogP contribution in [0.25, 0.3) is 0 Å². The van der Waals surface area contributed by atoms with Crippen LogP contribution >= 0.6 is 0 Å². The Hall–Kier alpha value is -1.57. The molecule has 0 aromatic rings. The molecule has 0 unspecified atom stereocenters. The number of carbonyl (C=O) groups excluding carboxylic acids is 1. The first kappa shape index (κ1) is 22.4. The SMILES string of the molecule is CCCCC/C=C/C/C=C/C/C=C\C/C=C/CCCCOC(C)=O. The molecule has 0 aromatic heterocycles. The van der Waals surface area contributed by atoms with Crippen LogP contribution in [0.3, 0.4) is 0 Å². The fourth-order valence-electron chi connectivity index (χ4n) is 2.14. The molecule has 0 radical (unpaired) electrons. The zero-order valence-corrected chi connectivity index (χ0v) is 15.7. The van der Waals surface area contributed by atoms with Crippen molar-refractivity contribution in [1.82, 2.24) is 0 Å². The van der Waals surface area contributed by atoms with Gasteiger partial charge in [-0.15, -0.1) is 0 Å². The summed E-state index contributed by atoms with van der Waals surface area (Å²) in [7, 11) is 0. The Bertz CT molecular complexity index is 389. The quantitative estimate of drug-likeness (QED) is 0.189. The Morgan fingerprint density at radius 2 is 1.17 bits per heavy atom. The fourth-order valence-corrected chi connectivity index (χ4v) is 2.14. The van der Waals surface area contributed by atoms with Gasteiger partial charge < -0.3 is 4.74 Å². The number of hydrogen-bond donors (Lipinski definition) is 0. The van der Waals surface area contributed by atoms with Gasteiger partial charge in [0, 0.05) is 6.92 Å². The molecule has 0 heterocycles. The highest BCUT2D eigenvalue weighted by atomic mass is 16.5. The van der Waals surface area contributed by atoms with E-state index in [2.05, 4.69) is 55.5 Å². The Kier molecular flexibility index (Phi) is 18.2. The largest absolute Gasteiger partial charge is 0.466 e. The standard InChI is InChI=1S/C22H36O2/c1-3-4-5-6-7-8-9-10-11-12-13-14-15-16-17-18-19-20-21-24-22(2)23/h7-8,10-11,13-14,16-17H,3-6,9,12,15,18-21H2,1-2H3/b8-7+,11-10+,14-13-,17-16+. The summed E-state index contributed by atoms with van der Waals surface area (Å²) in [5.74, 6) is -0.187. The molecule has 2 heteroatoms. The lowest BCUT2D eigenvalue weighted by Gasteiger charge is -1.99. The summed E-state index contributed by atoms with van der Waals surface area (Å²) in [6, 6.07) is 0. The first-order chi connectivity index (χ1) is 11.8. The average Bonchev–Trinajstić information content (AvgIpc) is 2.56. The number of rotatable bonds is 15. The van der Waals surface area contributed by atoms with Crippen LogP contribution in [0.1, 0.15) is 78.1 Å². The molecule has 0 bridgehead atoms. The van der Waals surface area contributed by atoms with E-state index in [0.29, 0.717) is 6.61 Å². The lowest BCUT2D eigenvalue weighted by molar-refractivity contribution is -0.141. The van der Waals surface area contributed by atoms with E-state index in [0.717, 1.165) is 38.5 Å². The third-order valence-electron chi connectivity index (χ3n) is 3.53. The average molecular weight is 333 g/mol. The predicted molar refractivity (Wildman–Crippen MR) is 105 cm³/mol. The predicted octanol–water partition coefficient (Wildman–Crippen LogP) is 6.70. The molecule has 0 aliphatic heterocycles. The summed E-state index contributed by atoms with van der Waals surface area (Å²) >= 11 is 0. The minimum absolute atomic E-state index is 0.187. The molecule has 0 fully saturated rings. The number of carbonyl (C=O) groups is 1. The van der Waals surface area contributed by atoms with Gasteiger partial charge in [-0.1, -0.05) is 68.4 Å². The topological polar surface area (TPSA) is 26.3 Å². The highest BCUT2D eigenvalue weighted by Crippen LogP contribution is 2.01. The highest BCUT2D eigenvalue weighted by Gasteiger charge is 1.91. The third-order valence-corrected chi connectivity index (χ3v) is 3.53. The summed E-state index contributed by atoms with van der Waals surface area (Å²) in [6.45, 7) is 4.24. The Labute approximate surface area is 149 Å². The molecule has 0 saturated carbocycles. The van der Waals surface area contributed by atoms with Crippen LogP contribution < -0.4 is 0 Å². The second-order valence-electron chi connectivity index (χ2n) is 5.92. The normalized spacial score (nSPS) is 12.2. The zero-order valence-electron chi connectivity index (χ0n) is 15.7. The van der Waals surface area contributed by atoms with Crippen molar-refractivity contribution in [3.8, 4) is 0 Å². The molecular formula is C22H36O2. The van der Waals surface area contributed by atoms with Gasteiger partial charge in [0.25, 0.3) is 0 Å². The lowest BCUT2D eigenvalue weighted by Crippen LogP contribution is -1.99. The molecule has 24 heavy (non-hydrogen) atoms. The molecule has 0 aromatic carbocycles. The maximum absolute atomic E-state index is 10.6. The third kappa shape index (κ3) is 20.4. The van der Waals surface area contributed by atoms with Crippen molar-refractivity contribution in [3.63, 3.8) is 0 Å². The van der Waals surface area contributed by atoms with Gasteiger partial charge in [0.1, 0.15) is 0 Å². The molecule has 0 atom stereocenters. The van der Waals surface area contributed by atoms with Crippen LogP contribution in [0.15, 0.2) is 48.6 Å². The highest BCUT2D eigenvalue weighted by molar-refractivity contribution is 5.65. The number of hydrogen-bond acceptors (Lipinski definition) is 2. The van der Waals surface area contributed by atoms with E-state index in [4.69, 9.17) is 4.74 Å². The molecule has 0 aliphatic rings. The zero-order chi connectivity index (χ0) is 17.7. The second-order valence-corrected chi connectivity index (χ2v) is 5.92. The van der Waals surface area contributed by atoms with Gasteiger partial charge in [-0.25, -0.2) is 0 Å². The van der Waals surface area contributed by atoms with E-state index >= 15 is 0 Å². The second kappa shape index (κ2) is 19.5. The molecule has 0 aliphatic carbocycles. The molecule has 2 nitrogen and oxygen atoms in total. The summed E-state index contributed by atoms with van der Waals surface area (Å²) in [5, 5.41) is 0. The van der Waals surface area contributed by atoms with Gasteiger partial charge in [-0.3, -0.25) is 4.79 Å². The minimum Gasteiger partial charge on any atom is -0.466 e. The van der Waals surface area contributed by atoms with E-state index < -0.39 is 0 Å². The summed E-state index contributed by atoms with van der Waals surface area (Å²) in [5.41, 5.74) is 0. The lowest BCUT2D eigenvalue weighted by atomic mass is 10.2. The van der Waals surface area contributed by atoms with E-state index in [1.807, 2.05) is 0 Å². The molecule has 0 saturated heterocycles. The van der Waals surface area contributed by atoms with Gasteiger partial charge in [0.15, 0.2) is 0 Å². The van der Waals surface area contributed by atoms with Crippen LogP contribution in [0.4, 0.5) is 0 Å². The van der Waals surface area contributed by atoms with Crippen molar-refractivity contribution in [2.75, 3.05) is 6.61 Å². The number of ether oxygens (including phenoxy) is 1. The summed E-state index contributed by atoms with van der Waals surface area (Å²) in [4.78, 5) is 10.6. The fraction of sp³-hybridized carbons (Fsp3) is 0.591. The molecule has 0 spiro atoms. The van der Waals surface area contributed by atoms with Crippen LogP contribution in [0.5, 0.6) is 0 Å².